The fourth-order valence-corrected chi connectivity index (χ4v) is 7.56. The molecular formula is C36H39F2N7O4. The number of aromatic hydroxyl groups is 1. The molecule has 0 bridgehead atoms. The number of amides is 1. The first-order valence-electron chi connectivity index (χ1n) is 16.7. The maximum Gasteiger partial charge on any atom is 0.409 e. The number of nitrogens with one attached hydrogen (secondary N) is 1. The minimum Gasteiger partial charge on any atom is -0.508 e. The average molecular weight is 672 g/mol. The van der Waals surface area contributed by atoms with Crippen LogP contribution in [-0.4, -0.2) is 94.5 Å². The Kier molecular flexibility index (Phi) is 8.85. The predicted octanol–water partition coefficient (Wildman–Crippen LogP) is 5.38. The minimum absolute atomic E-state index is 0.0180. The van der Waals surface area contributed by atoms with E-state index in [0.29, 0.717) is 29.7 Å². The summed E-state index contributed by atoms with van der Waals surface area (Å²) in [5.74, 6) is 1.26. The van der Waals surface area contributed by atoms with Crippen LogP contribution in [0.5, 0.6) is 11.8 Å². The Bertz CT molecular complexity index is 1960. The van der Waals surface area contributed by atoms with Crippen molar-refractivity contribution in [1.82, 2.24) is 30.2 Å². The molecule has 0 aliphatic carbocycles. The van der Waals surface area contributed by atoms with Crippen LogP contribution in [0.25, 0.3) is 32.9 Å². The standard InChI is InChI=1S/C36H39F2N7O4/c1-4-25-28(37)10-9-22-17-24(46)18-26(29(22)25)31-30(38)32-27(19-39-31)33(45-16-7-5-6-14-40-45)42-34(41-32)49-21-36-12-8-15-44(36)23(11-13-36)20-48-35(47)43(2)3/h1,9-10,17-19,23,40,46H,5-8,11-16,20-21H2,2-3H3/t23-,36+/m0/s1. The molecule has 0 spiro atoms. The van der Waals surface area contributed by atoms with Crippen LogP contribution < -0.4 is 15.2 Å². The van der Waals surface area contributed by atoms with Crippen molar-refractivity contribution in [3.05, 3.63) is 47.7 Å². The average Bonchev–Trinajstić information content (AvgIpc) is 3.53. The molecule has 0 radical (unpaired) electrons. The Balaban J connectivity index is 1.28. The number of hydrazine groups is 1. The quantitative estimate of drug-likeness (QED) is 0.248. The molecule has 3 saturated heterocycles. The number of nitrogens with zero attached hydrogens (tertiary/aromatic N) is 6. The fourth-order valence-electron chi connectivity index (χ4n) is 7.56. The van der Waals surface area contributed by atoms with Gasteiger partial charge >= 0.3 is 12.1 Å². The van der Waals surface area contributed by atoms with Gasteiger partial charge in [-0.15, -0.1) is 6.42 Å². The molecule has 0 saturated carbocycles. The van der Waals surface area contributed by atoms with Crippen molar-refractivity contribution < 1.29 is 28.2 Å². The van der Waals surface area contributed by atoms with Crippen LogP contribution in [0.4, 0.5) is 19.4 Å². The number of hydrogen-bond donors (Lipinski definition) is 2. The van der Waals surface area contributed by atoms with Gasteiger partial charge in [0, 0.05) is 50.4 Å². The molecule has 2 aromatic carbocycles. The van der Waals surface area contributed by atoms with Gasteiger partial charge in [-0.3, -0.25) is 14.9 Å². The lowest BCUT2D eigenvalue weighted by atomic mass is 9.95. The maximum absolute atomic E-state index is 16.8. The predicted molar refractivity (Wildman–Crippen MR) is 181 cm³/mol. The fraction of sp³-hybridized carbons (Fsp3) is 0.444. The van der Waals surface area contributed by atoms with E-state index in [2.05, 4.69) is 26.2 Å². The van der Waals surface area contributed by atoms with E-state index >= 15 is 4.39 Å². The molecule has 3 fully saturated rings. The van der Waals surface area contributed by atoms with Gasteiger partial charge in [0.05, 0.1) is 16.5 Å². The molecule has 4 aromatic rings. The highest BCUT2D eigenvalue weighted by Gasteiger charge is 2.50. The highest BCUT2D eigenvalue weighted by atomic mass is 19.1. The van der Waals surface area contributed by atoms with Crippen molar-refractivity contribution >= 4 is 33.6 Å². The summed E-state index contributed by atoms with van der Waals surface area (Å²) in [6, 6.07) is 5.57. The van der Waals surface area contributed by atoms with Crippen LogP contribution in [-0.2, 0) is 4.74 Å². The summed E-state index contributed by atoms with van der Waals surface area (Å²) in [5.41, 5.74) is 3.04. The van der Waals surface area contributed by atoms with Gasteiger partial charge < -0.3 is 19.5 Å². The first kappa shape index (κ1) is 32.7. The molecule has 256 valence electrons. The first-order chi connectivity index (χ1) is 23.7. The van der Waals surface area contributed by atoms with Crippen LogP contribution >= 0.6 is 0 Å². The third-order valence-corrected chi connectivity index (χ3v) is 9.98. The van der Waals surface area contributed by atoms with Gasteiger partial charge in [-0.2, -0.15) is 9.97 Å². The molecule has 5 heterocycles. The zero-order valence-corrected chi connectivity index (χ0v) is 27.6. The number of hydrogen-bond acceptors (Lipinski definition) is 10. The summed E-state index contributed by atoms with van der Waals surface area (Å²) >= 11 is 0. The molecule has 2 atom stereocenters. The molecule has 3 aliphatic rings. The van der Waals surface area contributed by atoms with E-state index in [9.17, 15) is 14.3 Å². The number of pyridine rings is 1. The number of phenolic OH excluding ortho intramolecular Hbond substituents is 1. The van der Waals surface area contributed by atoms with E-state index in [1.54, 1.807) is 14.1 Å². The molecule has 13 heteroatoms. The number of benzene rings is 2. The Labute approximate surface area is 283 Å². The summed E-state index contributed by atoms with van der Waals surface area (Å²) in [6.45, 7) is 2.80. The summed E-state index contributed by atoms with van der Waals surface area (Å²) in [4.78, 5) is 29.8. The Morgan fingerprint density at radius 1 is 1.16 bits per heavy atom. The largest absolute Gasteiger partial charge is 0.508 e. The normalized spacial score (nSPS) is 21.0. The van der Waals surface area contributed by atoms with Crippen LogP contribution in [0.2, 0.25) is 0 Å². The van der Waals surface area contributed by atoms with Crippen LogP contribution in [0.3, 0.4) is 0 Å². The highest BCUT2D eigenvalue weighted by molar-refractivity contribution is 6.03. The van der Waals surface area contributed by atoms with Gasteiger partial charge in [0.15, 0.2) is 11.6 Å². The van der Waals surface area contributed by atoms with Gasteiger partial charge in [0.2, 0.25) is 0 Å². The van der Waals surface area contributed by atoms with E-state index in [1.165, 1.54) is 35.4 Å². The van der Waals surface area contributed by atoms with Gasteiger partial charge in [0.25, 0.3) is 0 Å². The third kappa shape index (κ3) is 6.04. The van der Waals surface area contributed by atoms with Gasteiger partial charge in [-0.05, 0) is 68.7 Å². The van der Waals surface area contributed by atoms with Crippen LogP contribution in [0, 0.1) is 24.0 Å². The second-order valence-corrected chi connectivity index (χ2v) is 13.3. The smallest absolute Gasteiger partial charge is 0.409 e. The van der Waals surface area contributed by atoms with Crippen LogP contribution in [0.1, 0.15) is 50.5 Å². The number of halogens is 2. The molecule has 2 N–H and O–H groups in total. The van der Waals surface area contributed by atoms with Crippen LogP contribution in [0.15, 0.2) is 30.5 Å². The number of terminal acetylenes is 1. The molecule has 1 amide bonds. The van der Waals surface area contributed by atoms with E-state index in [-0.39, 0.29) is 63.8 Å². The number of rotatable bonds is 7. The number of fused-ring (bicyclic) bond motifs is 3. The number of phenols is 1. The van der Waals surface area contributed by atoms with E-state index in [0.717, 1.165) is 58.0 Å². The van der Waals surface area contributed by atoms with E-state index in [1.807, 2.05) is 5.01 Å². The molecule has 11 nitrogen and oxygen atoms in total. The number of aromatic nitrogens is 3. The Hall–Kier alpha value is -4.80. The molecule has 0 unspecified atom stereocenters. The molecule has 2 aromatic heterocycles. The van der Waals surface area contributed by atoms with Crippen molar-refractivity contribution in [2.24, 2.45) is 0 Å². The highest BCUT2D eigenvalue weighted by Crippen LogP contribution is 2.43. The van der Waals surface area contributed by atoms with Gasteiger partial charge in [-0.1, -0.05) is 18.4 Å². The number of anilines is 1. The van der Waals surface area contributed by atoms with Gasteiger partial charge in [-0.25, -0.2) is 19.0 Å². The number of carbonyl (C=O) groups excluding carboxylic acids is 1. The maximum atomic E-state index is 16.8. The van der Waals surface area contributed by atoms with Gasteiger partial charge in [0.1, 0.15) is 36.0 Å². The summed E-state index contributed by atoms with van der Waals surface area (Å²) < 4.78 is 43.6. The Morgan fingerprint density at radius 2 is 2.02 bits per heavy atom. The second kappa shape index (κ2) is 13.2. The lowest BCUT2D eigenvalue weighted by Crippen LogP contribution is -2.48. The third-order valence-electron chi connectivity index (χ3n) is 9.98. The summed E-state index contributed by atoms with van der Waals surface area (Å²) in [5, 5.41) is 13.5. The SMILES string of the molecule is C#Cc1c(F)ccc2cc(O)cc(-c3ncc4c(N5CCCCCN5)nc(OC[C@]56CCCN5[C@H](COC(=O)N(C)C)CC6)nc4c3F)c12. The molecule has 7 rings (SSSR count). The number of ether oxygens (including phenoxy) is 2. The molecular weight excluding hydrogens is 632 g/mol. The summed E-state index contributed by atoms with van der Waals surface area (Å²) in [7, 11) is 3.32. The second-order valence-electron chi connectivity index (χ2n) is 13.3. The van der Waals surface area contributed by atoms with Crippen molar-refractivity contribution in [1.29, 1.82) is 0 Å². The molecule has 49 heavy (non-hydrogen) atoms. The summed E-state index contributed by atoms with van der Waals surface area (Å²) in [6.07, 6.45) is 13.3. The van der Waals surface area contributed by atoms with E-state index in [4.69, 9.17) is 20.9 Å². The van der Waals surface area contributed by atoms with E-state index < -0.39 is 11.6 Å². The lowest BCUT2D eigenvalue weighted by molar-refractivity contribution is 0.0484. The van der Waals surface area contributed by atoms with Crippen molar-refractivity contribution in [3.8, 4) is 35.4 Å². The van der Waals surface area contributed by atoms with Crippen molar-refractivity contribution in [3.63, 3.8) is 0 Å². The topological polar surface area (TPSA) is 116 Å². The van der Waals surface area contributed by atoms with Crippen molar-refractivity contribution in [2.45, 2.75) is 56.5 Å². The van der Waals surface area contributed by atoms with Crippen molar-refractivity contribution in [2.75, 3.05) is 52.0 Å². The zero-order valence-electron chi connectivity index (χ0n) is 27.6. The number of carbonyl (C=O) groups is 1. The lowest BCUT2D eigenvalue weighted by Gasteiger charge is -2.34. The molecule has 3 aliphatic heterocycles. The first-order valence-corrected chi connectivity index (χ1v) is 16.7. The zero-order chi connectivity index (χ0) is 34.3. The minimum atomic E-state index is -0.774. The monoisotopic (exact) mass is 671 g/mol. The Morgan fingerprint density at radius 3 is 2.84 bits per heavy atom.